The van der Waals surface area contributed by atoms with Gasteiger partial charge in [-0.1, -0.05) is 70.8 Å². The highest BCUT2D eigenvalue weighted by atomic mass is 35.5. The molecule has 4 aromatic rings. The van der Waals surface area contributed by atoms with Gasteiger partial charge >= 0.3 is 0 Å². The van der Waals surface area contributed by atoms with Gasteiger partial charge in [-0.25, -0.2) is 0 Å². The van der Waals surface area contributed by atoms with Crippen LogP contribution in [0.15, 0.2) is 77.3 Å². The topological polar surface area (TPSA) is 88.3 Å². The Labute approximate surface area is 224 Å². The van der Waals surface area contributed by atoms with Gasteiger partial charge in [0.05, 0.1) is 23.2 Å². The lowest BCUT2D eigenvalue weighted by Gasteiger charge is -2.31. The number of nitrogens with zero attached hydrogens (tertiary/aromatic N) is 3. The number of halogens is 2. The van der Waals surface area contributed by atoms with Crippen LogP contribution in [0.5, 0.6) is 0 Å². The van der Waals surface area contributed by atoms with Crippen LogP contribution in [0.25, 0.3) is 11.4 Å². The number of hydrogen-bond donors (Lipinski definition) is 1. The van der Waals surface area contributed by atoms with Crippen LogP contribution in [-0.2, 0) is 11.3 Å². The predicted molar refractivity (Wildman–Crippen MR) is 143 cm³/mol. The van der Waals surface area contributed by atoms with Crippen molar-refractivity contribution < 1.29 is 14.1 Å². The summed E-state index contributed by atoms with van der Waals surface area (Å²) in [5.74, 6) is 0.301. The van der Waals surface area contributed by atoms with Crippen molar-refractivity contribution in [1.29, 1.82) is 0 Å². The third-order valence-electron chi connectivity index (χ3n) is 6.34. The second-order valence-electron chi connectivity index (χ2n) is 8.94. The number of carbonyl (C=O) groups is 2. The number of benzene rings is 3. The quantitative estimate of drug-likeness (QED) is 0.287. The zero-order valence-corrected chi connectivity index (χ0v) is 21.4. The molecular formula is C28H24Cl2N4O3. The van der Waals surface area contributed by atoms with Gasteiger partial charge in [-0.2, -0.15) is 4.98 Å². The highest BCUT2D eigenvalue weighted by Crippen LogP contribution is 2.27. The van der Waals surface area contributed by atoms with E-state index in [4.69, 9.17) is 27.7 Å². The summed E-state index contributed by atoms with van der Waals surface area (Å²) in [6.07, 6.45) is 1.59. The summed E-state index contributed by atoms with van der Waals surface area (Å²) >= 11 is 12.4. The number of carbonyl (C=O) groups excluding carboxylic acids is 2. The van der Waals surface area contributed by atoms with Crippen LogP contribution < -0.4 is 5.32 Å². The largest absolute Gasteiger partial charge is 0.338 e. The number of rotatable bonds is 7. The highest BCUT2D eigenvalue weighted by Gasteiger charge is 2.28. The first kappa shape index (κ1) is 25.1. The van der Waals surface area contributed by atoms with E-state index in [2.05, 4.69) is 20.4 Å². The van der Waals surface area contributed by atoms with Gasteiger partial charge < -0.3 is 9.84 Å². The average molecular weight is 535 g/mol. The third-order valence-corrected chi connectivity index (χ3v) is 6.90. The van der Waals surface area contributed by atoms with Gasteiger partial charge in [-0.15, -0.1) is 0 Å². The van der Waals surface area contributed by atoms with Crippen LogP contribution >= 0.6 is 23.2 Å². The van der Waals surface area contributed by atoms with E-state index in [0.29, 0.717) is 57.2 Å². The van der Waals surface area contributed by atoms with Crippen molar-refractivity contribution in [1.82, 2.24) is 15.0 Å². The summed E-state index contributed by atoms with van der Waals surface area (Å²) in [4.78, 5) is 33.0. The van der Waals surface area contributed by atoms with Crippen molar-refractivity contribution in [2.45, 2.75) is 19.4 Å². The molecule has 1 aromatic heterocycles. The van der Waals surface area contributed by atoms with Crippen molar-refractivity contribution in [2.24, 2.45) is 5.92 Å². The molecule has 0 bridgehead atoms. The number of aromatic nitrogens is 2. The van der Waals surface area contributed by atoms with Crippen molar-refractivity contribution in [3.8, 4) is 11.4 Å². The van der Waals surface area contributed by atoms with E-state index in [1.165, 1.54) is 0 Å². The van der Waals surface area contributed by atoms with E-state index in [0.717, 1.165) is 19.4 Å². The van der Waals surface area contributed by atoms with Gasteiger partial charge in [0.2, 0.25) is 17.6 Å². The minimum atomic E-state index is -0.255. The molecule has 0 saturated carbocycles. The fourth-order valence-electron chi connectivity index (χ4n) is 4.47. The van der Waals surface area contributed by atoms with Crippen LogP contribution in [0.1, 0.15) is 34.7 Å². The summed E-state index contributed by atoms with van der Waals surface area (Å²) in [6.45, 7) is 1.78. The molecule has 2 heterocycles. The Morgan fingerprint density at radius 3 is 2.62 bits per heavy atom. The fourth-order valence-corrected chi connectivity index (χ4v) is 4.86. The smallest absolute Gasteiger partial charge is 0.241 e. The number of piperidine rings is 1. The SMILES string of the molecule is O=C(c1ccccc1)c1cc(Cl)ccc1NC(=O)C1CCCN(Cc2nc(-c3ccccc3Cl)no2)C1. The van der Waals surface area contributed by atoms with Gasteiger partial charge in [-0.05, 0) is 49.7 Å². The summed E-state index contributed by atoms with van der Waals surface area (Å²) in [6, 6.07) is 21.2. The Morgan fingerprint density at radius 1 is 1.03 bits per heavy atom. The Morgan fingerprint density at radius 2 is 1.81 bits per heavy atom. The van der Waals surface area contributed by atoms with Crippen LogP contribution in [0, 0.1) is 5.92 Å². The number of likely N-dealkylation sites (tertiary alicyclic amines) is 1. The third kappa shape index (κ3) is 5.91. The molecular weight excluding hydrogens is 511 g/mol. The summed E-state index contributed by atoms with van der Waals surface area (Å²) in [5.41, 5.74) is 2.04. The second kappa shape index (κ2) is 11.3. The lowest BCUT2D eigenvalue weighted by Crippen LogP contribution is -2.40. The molecule has 9 heteroatoms. The summed E-state index contributed by atoms with van der Waals surface area (Å²) in [5, 5.41) is 8.01. The zero-order valence-electron chi connectivity index (χ0n) is 19.9. The Balaban J connectivity index is 1.26. The lowest BCUT2D eigenvalue weighted by atomic mass is 9.96. The first-order valence-electron chi connectivity index (χ1n) is 12.0. The molecule has 1 saturated heterocycles. The van der Waals surface area contributed by atoms with Crippen molar-refractivity contribution in [3.63, 3.8) is 0 Å². The molecule has 5 rings (SSSR count). The molecule has 0 spiro atoms. The van der Waals surface area contributed by atoms with Crippen molar-refractivity contribution >= 4 is 40.6 Å². The van der Waals surface area contributed by atoms with Crippen LogP contribution in [-0.4, -0.2) is 39.8 Å². The molecule has 0 radical (unpaired) electrons. The van der Waals surface area contributed by atoms with E-state index in [1.807, 2.05) is 24.3 Å². The van der Waals surface area contributed by atoms with Crippen LogP contribution in [0.2, 0.25) is 10.0 Å². The van der Waals surface area contributed by atoms with Gasteiger partial charge in [0.1, 0.15) is 0 Å². The zero-order chi connectivity index (χ0) is 25.8. The number of nitrogens with one attached hydrogen (secondary N) is 1. The Kier molecular flexibility index (Phi) is 7.65. The molecule has 1 amide bonds. The maximum Gasteiger partial charge on any atom is 0.241 e. The number of hydrogen-bond acceptors (Lipinski definition) is 6. The molecule has 7 nitrogen and oxygen atoms in total. The highest BCUT2D eigenvalue weighted by molar-refractivity contribution is 6.33. The van der Waals surface area contributed by atoms with Gasteiger partial charge in [0, 0.05) is 28.3 Å². The van der Waals surface area contributed by atoms with E-state index in [9.17, 15) is 9.59 Å². The standard InChI is InChI=1S/C28H24Cl2N4O3/c29-20-12-13-24(22(15-20)26(35)18-7-2-1-3-8-18)31-28(36)19-9-6-14-34(16-19)17-25-32-27(33-37-25)21-10-4-5-11-23(21)30/h1-5,7-8,10-13,15,19H,6,9,14,16-17H2,(H,31,36). The van der Waals surface area contributed by atoms with Crippen molar-refractivity contribution in [3.05, 3.63) is 99.9 Å². The minimum Gasteiger partial charge on any atom is -0.338 e. The molecule has 1 unspecified atom stereocenters. The summed E-state index contributed by atoms with van der Waals surface area (Å²) < 4.78 is 5.45. The maximum absolute atomic E-state index is 13.2. The van der Waals surface area contributed by atoms with Crippen molar-refractivity contribution in [2.75, 3.05) is 18.4 Å². The van der Waals surface area contributed by atoms with E-state index < -0.39 is 0 Å². The number of ketones is 1. The van der Waals surface area contributed by atoms with Crippen LogP contribution in [0.3, 0.4) is 0 Å². The van der Waals surface area contributed by atoms with Gasteiger partial charge in [0.25, 0.3) is 0 Å². The molecule has 0 aliphatic carbocycles. The van der Waals surface area contributed by atoms with E-state index >= 15 is 0 Å². The lowest BCUT2D eigenvalue weighted by molar-refractivity contribution is -0.121. The fraction of sp³-hybridized carbons (Fsp3) is 0.214. The monoisotopic (exact) mass is 534 g/mol. The van der Waals surface area contributed by atoms with E-state index in [-0.39, 0.29) is 17.6 Å². The van der Waals surface area contributed by atoms with Gasteiger partial charge in [0.15, 0.2) is 5.78 Å². The molecule has 1 aliphatic rings. The molecule has 188 valence electrons. The normalized spacial score (nSPS) is 15.9. The molecule has 1 N–H and O–H groups in total. The minimum absolute atomic E-state index is 0.142. The number of amides is 1. The molecule has 1 fully saturated rings. The van der Waals surface area contributed by atoms with Gasteiger partial charge in [-0.3, -0.25) is 14.5 Å². The Bertz CT molecular complexity index is 1420. The molecule has 3 aromatic carbocycles. The molecule has 1 aliphatic heterocycles. The number of anilines is 1. The molecule has 37 heavy (non-hydrogen) atoms. The van der Waals surface area contributed by atoms with E-state index in [1.54, 1.807) is 48.5 Å². The Hall–Kier alpha value is -3.52. The average Bonchev–Trinajstić information content (AvgIpc) is 3.38. The first-order valence-corrected chi connectivity index (χ1v) is 12.7. The summed E-state index contributed by atoms with van der Waals surface area (Å²) in [7, 11) is 0. The molecule has 1 atom stereocenters. The van der Waals surface area contributed by atoms with Crippen LogP contribution in [0.4, 0.5) is 5.69 Å². The predicted octanol–water partition coefficient (Wildman–Crippen LogP) is 6.13. The first-order chi connectivity index (χ1) is 18.0. The maximum atomic E-state index is 13.2. The second-order valence-corrected chi connectivity index (χ2v) is 9.78.